The molecule has 2 N–H and O–H groups in total. The first kappa shape index (κ1) is 19.0. The molecule has 1 aromatic heterocycles. The molecule has 2 fully saturated rings. The number of aromatic nitrogens is 2. The Morgan fingerprint density at radius 1 is 1.25 bits per heavy atom. The summed E-state index contributed by atoms with van der Waals surface area (Å²) in [6.07, 6.45) is 2.66. The first-order valence-corrected chi connectivity index (χ1v) is 9.92. The molecule has 2 saturated heterocycles. The number of hydrogen-bond donors (Lipinski definition) is 2. The molecule has 1 spiro atoms. The summed E-state index contributed by atoms with van der Waals surface area (Å²) < 4.78 is 3.52. The lowest BCUT2D eigenvalue weighted by Crippen LogP contribution is -2.39. The van der Waals surface area contributed by atoms with Crippen molar-refractivity contribution >= 4 is 5.97 Å². The molecule has 0 bridgehead atoms. The normalized spacial score (nSPS) is 22.0. The van der Waals surface area contributed by atoms with Crippen LogP contribution in [0.3, 0.4) is 0 Å². The minimum absolute atomic E-state index is 0.0510. The number of piperidine rings is 1. The summed E-state index contributed by atoms with van der Waals surface area (Å²) in [5, 5.41) is 13.2. The molecular formula is C21H28N4O3. The molecule has 2 aliphatic heterocycles. The molecule has 2 aromatic rings. The topological polar surface area (TPSA) is 79.5 Å². The van der Waals surface area contributed by atoms with E-state index in [0.29, 0.717) is 18.5 Å². The summed E-state index contributed by atoms with van der Waals surface area (Å²) in [5.74, 6) is -0.785. The van der Waals surface area contributed by atoms with E-state index in [4.69, 9.17) is 0 Å². The molecule has 2 aliphatic rings. The van der Waals surface area contributed by atoms with Crippen LogP contribution in [0.15, 0.2) is 35.1 Å². The molecule has 0 saturated carbocycles. The summed E-state index contributed by atoms with van der Waals surface area (Å²) in [4.78, 5) is 27.2. The molecule has 0 amide bonds. The number of nitrogens with one attached hydrogen (secondary N) is 1. The van der Waals surface area contributed by atoms with Crippen LogP contribution in [-0.2, 0) is 18.4 Å². The Morgan fingerprint density at radius 2 is 1.93 bits per heavy atom. The summed E-state index contributed by atoms with van der Waals surface area (Å²) in [7, 11) is 1.88. The van der Waals surface area contributed by atoms with Crippen molar-refractivity contribution in [3.05, 3.63) is 51.9 Å². The third-order valence-electron chi connectivity index (χ3n) is 6.59. The first-order valence-electron chi connectivity index (χ1n) is 9.92. The molecular weight excluding hydrogens is 356 g/mol. The SMILES string of the molecule is Cc1c(CN2CC3(CCNCC3)C[C@H]2C(=O)O)c(=O)n(-c2ccccc2)n1C. The van der Waals surface area contributed by atoms with Gasteiger partial charge in [0.2, 0.25) is 0 Å². The van der Waals surface area contributed by atoms with Gasteiger partial charge in [0.25, 0.3) is 5.56 Å². The number of carboxylic acid groups (broad SMARTS) is 1. The second-order valence-corrected chi connectivity index (χ2v) is 8.25. The summed E-state index contributed by atoms with van der Waals surface area (Å²) >= 11 is 0. The highest BCUT2D eigenvalue weighted by Crippen LogP contribution is 2.42. The Bertz CT molecular complexity index is 925. The number of para-hydroxylation sites is 1. The number of carboxylic acids is 1. The van der Waals surface area contributed by atoms with Crippen LogP contribution in [0.2, 0.25) is 0 Å². The van der Waals surface area contributed by atoms with E-state index < -0.39 is 12.0 Å². The molecule has 7 nitrogen and oxygen atoms in total. The number of rotatable bonds is 4. The number of hydrogen-bond acceptors (Lipinski definition) is 4. The van der Waals surface area contributed by atoms with Crippen molar-refractivity contribution < 1.29 is 9.90 Å². The third-order valence-corrected chi connectivity index (χ3v) is 6.59. The van der Waals surface area contributed by atoms with Gasteiger partial charge in [0.1, 0.15) is 6.04 Å². The molecule has 1 aromatic carbocycles. The van der Waals surface area contributed by atoms with Gasteiger partial charge in [-0.15, -0.1) is 0 Å². The molecule has 0 unspecified atom stereocenters. The van der Waals surface area contributed by atoms with Crippen LogP contribution in [0.25, 0.3) is 5.69 Å². The molecule has 0 radical (unpaired) electrons. The Balaban J connectivity index is 1.67. The molecule has 0 aliphatic carbocycles. The minimum Gasteiger partial charge on any atom is -0.480 e. The average molecular weight is 384 g/mol. The molecule has 3 heterocycles. The van der Waals surface area contributed by atoms with E-state index in [9.17, 15) is 14.7 Å². The largest absolute Gasteiger partial charge is 0.480 e. The predicted molar refractivity (Wildman–Crippen MR) is 107 cm³/mol. The van der Waals surface area contributed by atoms with Crippen molar-refractivity contribution in [3.8, 4) is 5.69 Å². The Morgan fingerprint density at radius 3 is 2.57 bits per heavy atom. The molecule has 150 valence electrons. The Kier molecular flexibility index (Phi) is 4.89. The van der Waals surface area contributed by atoms with Crippen molar-refractivity contribution in [2.75, 3.05) is 19.6 Å². The fourth-order valence-electron chi connectivity index (χ4n) is 4.88. The molecule has 4 rings (SSSR count). The lowest BCUT2D eigenvalue weighted by molar-refractivity contribution is -0.142. The maximum Gasteiger partial charge on any atom is 0.320 e. The van der Waals surface area contributed by atoms with Crippen molar-refractivity contribution in [1.29, 1.82) is 0 Å². The van der Waals surface area contributed by atoms with E-state index in [2.05, 4.69) is 5.32 Å². The lowest BCUT2D eigenvalue weighted by atomic mass is 9.77. The van der Waals surface area contributed by atoms with Crippen LogP contribution < -0.4 is 10.9 Å². The van der Waals surface area contributed by atoms with Gasteiger partial charge in [-0.3, -0.25) is 19.2 Å². The number of aliphatic carboxylic acids is 1. The summed E-state index contributed by atoms with van der Waals surface area (Å²) in [6, 6.07) is 9.03. The molecule has 1 atom stereocenters. The van der Waals surface area contributed by atoms with Crippen LogP contribution >= 0.6 is 0 Å². The standard InChI is InChI=1S/C21H28N4O3/c1-15-17(19(26)25(23(15)2)16-6-4-3-5-7-16)13-24-14-21(8-10-22-11-9-21)12-18(24)20(27)28/h3-7,18,22H,8-14H2,1-2H3,(H,27,28)/t18-/m0/s1. The van der Waals surface area contributed by atoms with Crippen molar-refractivity contribution in [2.45, 2.75) is 38.8 Å². The summed E-state index contributed by atoms with van der Waals surface area (Å²) in [5.41, 5.74) is 2.36. The Hall–Kier alpha value is -2.38. The number of nitrogens with zero attached hydrogens (tertiary/aromatic N) is 3. The van der Waals surface area contributed by atoms with Gasteiger partial charge in [-0.25, -0.2) is 4.68 Å². The van der Waals surface area contributed by atoms with E-state index in [0.717, 1.165) is 43.9 Å². The van der Waals surface area contributed by atoms with E-state index in [-0.39, 0.29) is 11.0 Å². The van der Waals surface area contributed by atoms with Crippen LogP contribution in [0.4, 0.5) is 0 Å². The second-order valence-electron chi connectivity index (χ2n) is 8.25. The third kappa shape index (κ3) is 3.18. The molecule has 28 heavy (non-hydrogen) atoms. The van der Waals surface area contributed by atoms with Crippen LogP contribution in [0.5, 0.6) is 0 Å². The van der Waals surface area contributed by atoms with E-state index in [1.807, 2.05) is 53.9 Å². The van der Waals surface area contributed by atoms with E-state index in [1.165, 1.54) is 0 Å². The quantitative estimate of drug-likeness (QED) is 0.835. The van der Waals surface area contributed by atoms with Gasteiger partial charge in [-0.1, -0.05) is 18.2 Å². The summed E-state index contributed by atoms with van der Waals surface area (Å²) in [6.45, 7) is 4.92. The maximum atomic E-state index is 13.2. The van der Waals surface area contributed by atoms with Gasteiger partial charge in [0.05, 0.1) is 11.3 Å². The smallest absolute Gasteiger partial charge is 0.320 e. The number of benzene rings is 1. The van der Waals surface area contributed by atoms with Crippen molar-refractivity contribution in [2.24, 2.45) is 12.5 Å². The van der Waals surface area contributed by atoms with Gasteiger partial charge in [0.15, 0.2) is 0 Å². The average Bonchev–Trinajstić information content (AvgIpc) is 3.14. The minimum atomic E-state index is -0.785. The fourth-order valence-corrected chi connectivity index (χ4v) is 4.88. The van der Waals surface area contributed by atoms with Gasteiger partial charge >= 0.3 is 5.97 Å². The fraction of sp³-hybridized carbons (Fsp3) is 0.524. The highest BCUT2D eigenvalue weighted by atomic mass is 16.4. The zero-order valence-corrected chi connectivity index (χ0v) is 16.5. The number of likely N-dealkylation sites (tertiary alicyclic amines) is 1. The van der Waals surface area contributed by atoms with Gasteiger partial charge in [-0.05, 0) is 56.8 Å². The van der Waals surface area contributed by atoms with Gasteiger partial charge in [0, 0.05) is 25.8 Å². The van der Waals surface area contributed by atoms with Gasteiger partial charge in [-0.2, -0.15) is 0 Å². The highest BCUT2D eigenvalue weighted by molar-refractivity contribution is 5.74. The second kappa shape index (κ2) is 7.22. The lowest BCUT2D eigenvalue weighted by Gasteiger charge is -2.33. The monoisotopic (exact) mass is 384 g/mol. The number of carbonyl (C=O) groups is 1. The maximum absolute atomic E-state index is 13.2. The van der Waals surface area contributed by atoms with Crippen molar-refractivity contribution in [3.63, 3.8) is 0 Å². The van der Waals surface area contributed by atoms with E-state index >= 15 is 0 Å². The zero-order valence-electron chi connectivity index (χ0n) is 16.5. The van der Waals surface area contributed by atoms with Crippen molar-refractivity contribution in [1.82, 2.24) is 19.6 Å². The zero-order chi connectivity index (χ0) is 19.9. The van der Waals surface area contributed by atoms with E-state index in [1.54, 1.807) is 4.68 Å². The Labute approximate surface area is 164 Å². The van der Waals surface area contributed by atoms with Crippen LogP contribution in [0.1, 0.15) is 30.5 Å². The van der Waals surface area contributed by atoms with Crippen LogP contribution in [0, 0.1) is 12.3 Å². The predicted octanol–water partition coefficient (Wildman–Crippen LogP) is 1.51. The van der Waals surface area contributed by atoms with Crippen LogP contribution in [-0.4, -0.2) is 51.0 Å². The molecule has 7 heteroatoms. The first-order chi connectivity index (χ1) is 13.4. The van der Waals surface area contributed by atoms with Gasteiger partial charge < -0.3 is 10.4 Å². The highest BCUT2D eigenvalue weighted by Gasteiger charge is 2.47.